The van der Waals surface area contributed by atoms with Crippen LogP contribution in [0.5, 0.6) is 0 Å². The molecule has 0 saturated carbocycles. The zero-order chi connectivity index (χ0) is 14.3. The van der Waals surface area contributed by atoms with Crippen LogP contribution < -0.4 is 15.3 Å². The Morgan fingerprint density at radius 2 is 0.824 bits per heavy atom. The summed E-state index contributed by atoms with van der Waals surface area (Å²) >= 11 is 0. The van der Waals surface area contributed by atoms with Crippen molar-refractivity contribution in [2.75, 3.05) is 0 Å². The van der Waals surface area contributed by atoms with Gasteiger partial charge in [-0.15, -0.1) is 18.3 Å². The van der Waals surface area contributed by atoms with E-state index in [2.05, 4.69) is 0 Å². The van der Waals surface area contributed by atoms with Crippen LogP contribution in [0, 0.1) is 0 Å². The molecule has 0 aromatic carbocycles. The van der Waals surface area contributed by atoms with E-state index in [1.807, 2.05) is 0 Å². The van der Waals surface area contributed by atoms with Crippen LogP contribution in [0.2, 0.25) is 0 Å². The molecule has 0 aliphatic carbocycles. The first-order chi connectivity index (χ1) is 6.93. The molecule has 0 aromatic rings. The number of aliphatic carboxylic acids is 1. The molecular formula is C11H25AlO5. The van der Waals surface area contributed by atoms with Crippen LogP contribution in [0.4, 0.5) is 0 Å². The first-order valence-electron chi connectivity index (χ1n) is 5.10. The van der Waals surface area contributed by atoms with Crippen LogP contribution in [-0.2, 0) is 4.79 Å². The van der Waals surface area contributed by atoms with Crippen LogP contribution >= 0.6 is 0 Å². The summed E-state index contributed by atoms with van der Waals surface area (Å²) in [5.74, 6) is -0.833. The molecule has 0 unspecified atom stereocenters. The van der Waals surface area contributed by atoms with E-state index in [4.69, 9.17) is 9.90 Å². The van der Waals surface area contributed by atoms with Gasteiger partial charge in [0.15, 0.2) is 0 Å². The van der Waals surface area contributed by atoms with E-state index in [-0.39, 0.29) is 17.4 Å². The minimum Gasteiger partial charge on any atom is -0.852 e. The minimum atomic E-state index is -0.833. The van der Waals surface area contributed by atoms with Crippen molar-refractivity contribution in [2.45, 2.75) is 66.8 Å². The van der Waals surface area contributed by atoms with E-state index in [1.54, 1.807) is 41.5 Å². The summed E-state index contributed by atoms with van der Waals surface area (Å²) in [4.78, 5) is 9.00. The molecular weight excluding hydrogens is 239 g/mol. The Kier molecular flexibility index (Phi) is 44.2. The number of carboxylic acid groups (broad SMARTS) is 1. The van der Waals surface area contributed by atoms with Gasteiger partial charge in [0, 0.05) is 6.92 Å². The first-order valence-corrected chi connectivity index (χ1v) is 5.10. The summed E-state index contributed by atoms with van der Waals surface area (Å²) < 4.78 is 0. The largest absolute Gasteiger partial charge is 3.00 e. The third-order valence-corrected chi connectivity index (χ3v) is 0. The second kappa shape index (κ2) is 24.9. The zero-order valence-corrected chi connectivity index (χ0v) is 13.0. The average molecular weight is 264 g/mol. The Morgan fingerprint density at radius 3 is 0.824 bits per heavy atom. The third-order valence-electron chi connectivity index (χ3n) is 0. The molecule has 0 rings (SSSR count). The fraction of sp³-hybridized carbons (Fsp3) is 0.909. The summed E-state index contributed by atoms with van der Waals surface area (Å²) in [6.45, 7) is 10.7. The Balaban J connectivity index is -0.0000000369. The van der Waals surface area contributed by atoms with E-state index >= 15 is 0 Å². The summed E-state index contributed by atoms with van der Waals surface area (Å²) in [6.07, 6.45) is -1.25. The second-order valence-corrected chi connectivity index (χ2v) is 3.67. The number of rotatable bonds is 0. The van der Waals surface area contributed by atoms with Gasteiger partial charge >= 0.3 is 17.4 Å². The quantitative estimate of drug-likeness (QED) is 0.563. The van der Waals surface area contributed by atoms with Crippen molar-refractivity contribution in [3.8, 4) is 0 Å². The predicted octanol–water partition coefficient (Wildman–Crippen LogP) is -1.02. The normalized spacial score (nSPS) is 7.82. The van der Waals surface area contributed by atoms with Gasteiger partial charge in [0.2, 0.25) is 0 Å². The van der Waals surface area contributed by atoms with Crippen molar-refractivity contribution < 1.29 is 25.2 Å². The SMILES string of the molecule is CC(=O)O.CC(C)[O-].CC(C)[O-].CC(C)[O-].[Al+3]. The van der Waals surface area contributed by atoms with Gasteiger partial charge in [0.25, 0.3) is 5.97 Å². The third kappa shape index (κ3) is 222000. The van der Waals surface area contributed by atoms with Crippen molar-refractivity contribution in [3.63, 3.8) is 0 Å². The molecule has 0 amide bonds. The molecule has 17 heavy (non-hydrogen) atoms. The van der Waals surface area contributed by atoms with Crippen LogP contribution in [0.15, 0.2) is 0 Å². The molecule has 0 bridgehead atoms. The van der Waals surface area contributed by atoms with E-state index in [0.717, 1.165) is 6.92 Å². The number of hydrogen-bond donors (Lipinski definition) is 1. The van der Waals surface area contributed by atoms with Crippen molar-refractivity contribution in [1.29, 1.82) is 0 Å². The van der Waals surface area contributed by atoms with Gasteiger partial charge < -0.3 is 20.4 Å². The molecule has 0 spiro atoms. The maximum atomic E-state index is 9.53. The van der Waals surface area contributed by atoms with Gasteiger partial charge in [-0.2, -0.15) is 0 Å². The van der Waals surface area contributed by atoms with Crippen molar-refractivity contribution in [2.24, 2.45) is 0 Å². The van der Waals surface area contributed by atoms with E-state index in [0.29, 0.717) is 0 Å². The number of hydrogen-bond acceptors (Lipinski definition) is 4. The number of carbonyl (C=O) groups is 1. The van der Waals surface area contributed by atoms with Crippen LogP contribution in [0.25, 0.3) is 0 Å². The molecule has 5 nitrogen and oxygen atoms in total. The molecule has 102 valence electrons. The van der Waals surface area contributed by atoms with Crippen molar-refractivity contribution in [1.82, 2.24) is 0 Å². The topological polar surface area (TPSA) is 106 Å². The van der Waals surface area contributed by atoms with Crippen LogP contribution in [-0.4, -0.2) is 46.7 Å². The Morgan fingerprint density at radius 1 is 0.824 bits per heavy atom. The molecule has 0 heterocycles. The zero-order valence-electron chi connectivity index (χ0n) is 11.9. The van der Waals surface area contributed by atoms with Gasteiger partial charge in [-0.25, -0.2) is 0 Å². The Labute approximate surface area is 116 Å². The van der Waals surface area contributed by atoms with Crippen molar-refractivity contribution >= 4 is 23.3 Å². The maximum absolute atomic E-state index is 9.53. The smallest absolute Gasteiger partial charge is 0.852 e. The van der Waals surface area contributed by atoms with Gasteiger partial charge in [-0.3, -0.25) is 4.79 Å². The molecule has 0 radical (unpaired) electrons. The molecule has 0 fully saturated rings. The summed E-state index contributed by atoms with van der Waals surface area (Å²) in [5, 5.41) is 36.0. The van der Waals surface area contributed by atoms with Crippen LogP contribution in [0.3, 0.4) is 0 Å². The van der Waals surface area contributed by atoms with Gasteiger partial charge in [-0.1, -0.05) is 41.5 Å². The van der Waals surface area contributed by atoms with E-state index in [1.165, 1.54) is 0 Å². The maximum Gasteiger partial charge on any atom is 3.00 e. The summed E-state index contributed by atoms with van der Waals surface area (Å²) in [6, 6.07) is 0. The Bertz CT molecular complexity index is 101. The molecule has 0 saturated heterocycles. The molecule has 6 heteroatoms. The fourth-order valence-corrected chi connectivity index (χ4v) is 0. The standard InChI is InChI=1S/3C3H7O.C2H4O2.Al/c3*1-3(2)4;1-2(3)4;/h3*3H,1-2H3;1H3,(H,3,4);/q3*-1;;+3. The average Bonchev–Trinajstić information content (AvgIpc) is 1.76. The first kappa shape index (κ1) is 30.2. The van der Waals surface area contributed by atoms with E-state index in [9.17, 15) is 15.3 Å². The molecule has 0 atom stereocenters. The summed E-state index contributed by atoms with van der Waals surface area (Å²) in [5.41, 5.74) is 0. The minimum absolute atomic E-state index is 0. The molecule has 1 N–H and O–H groups in total. The van der Waals surface area contributed by atoms with Gasteiger partial charge in [0.1, 0.15) is 0 Å². The fourth-order valence-electron chi connectivity index (χ4n) is 0. The number of carboxylic acids is 1. The summed E-state index contributed by atoms with van der Waals surface area (Å²) in [7, 11) is 0. The molecule has 0 aliphatic heterocycles. The van der Waals surface area contributed by atoms with Crippen LogP contribution in [0.1, 0.15) is 48.5 Å². The van der Waals surface area contributed by atoms with Gasteiger partial charge in [0.05, 0.1) is 0 Å². The molecule has 0 aromatic heterocycles. The predicted molar refractivity (Wildman–Crippen MR) is 64.5 cm³/mol. The van der Waals surface area contributed by atoms with Crippen molar-refractivity contribution in [3.05, 3.63) is 0 Å². The molecule has 0 aliphatic rings. The Hall–Kier alpha value is -0.118. The monoisotopic (exact) mass is 264 g/mol. The van der Waals surface area contributed by atoms with E-state index < -0.39 is 24.3 Å². The second-order valence-electron chi connectivity index (χ2n) is 3.67. The van der Waals surface area contributed by atoms with Gasteiger partial charge in [-0.05, 0) is 0 Å².